The molecule has 2 aromatic rings. The summed E-state index contributed by atoms with van der Waals surface area (Å²) in [7, 11) is 0. The lowest BCUT2D eigenvalue weighted by molar-refractivity contribution is 0.102. The van der Waals surface area contributed by atoms with Gasteiger partial charge in [0.25, 0.3) is 5.91 Å². The highest BCUT2D eigenvalue weighted by Gasteiger charge is 2.17. The lowest BCUT2D eigenvalue weighted by Gasteiger charge is -2.14. The number of nitrogens with zero attached hydrogens (tertiary/aromatic N) is 2. The van der Waals surface area contributed by atoms with Crippen LogP contribution in [0.15, 0.2) is 30.3 Å². The molecule has 0 aliphatic heterocycles. The predicted molar refractivity (Wildman–Crippen MR) is 87.0 cm³/mol. The predicted octanol–water partition coefficient (Wildman–Crippen LogP) is 3.53. The number of anilines is 2. The number of amides is 1. The smallest absolute Gasteiger partial charge is 0.274 e. The van der Waals surface area contributed by atoms with Crippen LogP contribution in [-0.2, 0) is 0 Å². The molecule has 0 spiro atoms. The molecule has 1 amide bonds. The van der Waals surface area contributed by atoms with Crippen molar-refractivity contribution >= 4 is 17.4 Å². The molecule has 3 rings (SSSR count). The van der Waals surface area contributed by atoms with Gasteiger partial charge in [0.2, 0.25) is 0 Å². The van der Waals surface area contributed by atoms with Crippen molar-refractivity contribution in [3.8, 4) is 0 Å². The Bertz CT molecular complexity index is 713. The Labute approximate surface area is 134 Å². The van der Waals surface area contributed by atoms with Crippen LogP contribution in [0.25, 0.3) is 0 Å². The van der Waals surface area contributed by atoms with E-state index in [1.165, 1.54) is 25.0 Å². The van der Waals surface area contributed by atoms with E-state index in [1.807, 2.05) is 0 Å². The fraction of sp³-hybridized carbons (Fsp3) is 0.353. The van der Waals surface area contributed by atoms with Gasteiger partial charge in [0.15, 0.2) is 0 Å². The molecule has 0 radical (unpaired) electrons. The maximum Gasteiger partial charge on any atom is 0.274 e. The van der Waals surface area contributed by atoms with Crippen molar-refractivity contribution < 1.29 is 9.18 Å². The van der Waals surface area contributed by atoms with Gasteiger partial charge in [-0.2, -0.15) is 0 Å². The third-order valence-electron chi connectivity index (χ3n) is 3.86. The average molecular weight is 314 g/mol. The second kappa shape index (κ2) is 6.73. The number of halogens is 1. The highest BCUT2D eigenvalue weighted by Crippen LogP contribution is 2.22. The first-order valence-electron chi connectivity index (χ1n) is 7.79. The number of carbonyl (C=O) groups is 1. The van der Waals surface area contributed by atoms with Crippen LogP contribution < -0.4 is 10.6 Å². The van der Waals surface area contributed by atoms with E-state index in [9.17, 15) is 9.18 Å². The maximum atomic E-state index is 13.2. The first-order valence-corrected chi connectivity index (χ1v) is 7.79. The van der Waals surface area contributed by atoms with E-state index in [1.54, 1.807) is 25.1 Å². The molecule has 0 saturated heterocycles. The van der Waals surface area contributed by atoms with Crippen molar-refractivity contribution in [3.63, 3.8) is 0 Å². The summed E-state index contributed by atoms with van der Waals surface area (Å²) in [5.74, 6) is 0.409. The molecule has 1 aromatic carbocycles. The van der Waals surface area contributed by atoms with E-state index < -0.39 is 5.82 Å². The van der Waals surface area contributed by atoms with Gasteiger partial charge in [-0.25, -0.2) is 14.4 Å². The Kier molecular flexibility index (Phi) is 4.50. The number of carbonyl (C=O) groups excluding carboxylic acids is 1. The summed E-state index contributed by atoms with van der Waals surface area (Å²) in [6.07, 6.45) is 4.67. The molecule has 0 bridgehead atoms. The Morgan fingerprint density at radius 2 is 2.00 bits per heavy atom. The number of rotatable bonds is 4. The Hall–Kier alpha value is -2.50. The average Bonchev–Trinajstić information content (AvgIpc) is 2.99. The molecular weight excluding hydrogens is 295 g/mol. The molecule has 0 unspecified atom stereocenters. The third-order valence-corrected chi connectivity index (χ3v) is 3.86. The first-order chi connectivity index (χ1) is 11.1. The maximum absolute atomic E-state index is 13.2. The molecule has 1 aliphatic carbocycles. The van der Waals surface area contributed by atoms with Gasteiger partial charge in [-0.15, -0.1) is 0 Å². The van der Waals surface area contributed by atoms with E-state index in [-0.39, 0.29) is 11.6 Å². The second-order valence-corrected chi connectivity index (χ2v) is 5.78. The molecule has 5 nitrogen and oxygen atoms in total. The monoisotopic (exact) mass is 314 g/mol. The van der Waals surface area contributed by atoms with Crippen LogP contribution in [0.2, 0.25) is 0 Å². The lowest BCUT2D eigenvalue weighted by Crippen LogP contribution is -2.19. The molecule has 2 N–H and O–H groups in total. The lowest BCUT2D eigenvalue weighted by atomic mass is 10.2. The summed E-state index contributed by atoms with van der Waals surface area (Å²) in [6, 6.07) is 7.82. The largest absolute Gasteiger partial charge is 0.367 e. The van der Waals surface area contributed by atoms with Crippen LogP contribution >= 0.6 is 0 Å². The zero-order valence-corrected chi connectivity index (χ0v) is 13.0. The van der Waals surface area contributed by atoms with Crippen molar-refractivity contribution in [2.75, 3.05) is 10.6 Å². The van der Waals surface area contributed by atoms with Crippen molar-refractivity contribution in [2.24, 2.45) is 0 Å². The zero-order valence-electron chi connectivity index (χ0n) is 13.0. The number of hydrogen-bond acceptors (Lipinski definition) is 4. The van der Waals surface area contributed by atoms with Crippen LogP contribution in [0.4, 0.5) is 15.9 Å². The van der Waals surface area contributed by atoms with Gasteiger partial charge in [-0.1, -0.05) is 18.9 Å². The fourth-order valence-electron chi connectivity index (χ4n) is 2.80. The third kappa shape index (κ3) is 4.03. The molecule has 120 valence electrons. The standard InChI is InChI=1S/C17H19FN4O/c1-11-19-15(10-16(20-11)21-13-6-2-3-7-13)17(23)22-14-8-4-5-12(18)9-14/h4-5,8-10,13H,2-3,6-7H2,1H3,(H,22,23)(H,19,20,21). The number of aromatic nitrogens is 2. The molecule has 0 atom stereocenters. The number of hydrogen-bond donors (Lipinski definition) is 2. The topological polar surface area (TPSA) is 66.9 Å². The van der Waals surface area contributed by atoms with Crippen molar-refractivity contribution in [2.45, 2.75) is 38.6 Å². The van der Waals surface area contributed by atoms with Gasteiger partial charge in [0, 0.05) is 17.8 Å². The Morgan fingerprint density at radius 1 is 1.22 bits per heavy atom. The molecule has 23 heavy (non-hydrogen) atoms. The molecule has 1 heterocycles. The van der Waals surface area contributed by atoms with Crippen LogP contribution in [0.1, 0.15) is 42.0 Å². The van der Waals surface area contributed by atoms with Gasteiger partial charge in [0.1, 0.15) is 23.2 Å². The molecule has 1 aromatic heterocycles. The van der Waals surface area contributed by atoms with Gasteiger partial charge in [-0.3, -0.25) is 4.79 Å². The van der Waals surface area contributed by atoms with Gasteiger partial charge in [0.05, 0.1) is 0 Å². The Morgan fingerprint density at radius 3 is 2.74 bits per heavy atom. The van der Waals surface area contributed by atoms with Gasteiger partial charge < -0.3 is 10.6 Å². The summed E-state index contributed by atoms with van der Waals surface area (Å²) in [6.45, 7) is 1.75. The van der Waals surface area contributed by atoms with Gasteiger partial charge in [-0.05, 0) is 38.0 Å². The summed E-state index contributed by atoms with van der Waals surface area (Å²) < 4.78 is 13.2. The summed E-state index contributed by atoms with van der Waals surface area (Å²) >= 11 is 0. The molecule has 1 fully saturated rings. The molecular formula is C17H19FN4O. The van der Waals surface area contributed by atoms with Crippen molar-refractivity contribution in [1.29, 1.82) is 0 Å². The molecule has 6 heteroatoms. The van der Waals surface area contributed by atoms with E-state index in [2.05, 4.69) is 20.6 Å². The highest BCUT2D eigenvalue weighted by atomic mass is 19.1. The van der Waals surface area contributed by atoms with Crippen LogP contribution in [-0.4, -0.2) is 21.9 Å². The van der Waals surface area contributed by atoms with E-state index in [0.717, 1.165) is 12.8 Å². The minimum absolute atomic E-state index is 0.266. The van der Waals surface area contributed by atoms with Crippen LogP contribution in [0, 0.1) is 12.7 Å². The number of aryl methyl sites for hydroxylation is 1. The number of nitrogens with one attached hydrogen (secondary N) is 2. The molecule has 1 saturated carbocycles. The second-order valence-electron chi connectivity index (χ2n) is 5.78. The van der Waals surface area contributed by atoms with Crippen molar-refractivity contribution in [3.05, 3.63) is 47.7 Å². The van der Waals surface area contributed by atoms with E-state index in [0.29, 0.717) is 23.4 Å². The zero-order chi connectivity index (χ0) is 16.2. The normalized spacial score (nSPS) is 14.7. The van der Waals surface area contributed by atoms with E-state index >= 15 is 0 Å². The highest BCUT2D eigenvalue weighted by molar-refractivity contribution is 6.03. The SMILES string of the molecule is Cc1nc(NC2CCCC2)cc(C(=O)Nc2cccc(F)c2)n1. The fourth-order valence-corrected chi connectivity index (χ4v) is 2.80. The first kappa shape index (κ1) is 15.4. The van der Waals surface area contributed by atoms with E-state index in [4.69, 9.17) is 0 Å². The number of benzene rings is 1. The van der Waals surface area contributed by atoms with Crippen LogP contribution in [0.3, 0.4) is 0 Å². The molecule has 1 aliphatic rings. The summed E-state index contributed by atoms with van der Waals surface area (Å²) in [4.78, 5) is 20.8. The summed E-state index contributed by atoms with van der Waals surface area (Å²) in [5, 5.41) is 6.01. The Balaban J connectivity index is 1.75. The minimum Gasteiger partial charge on any atom is -0.367 e. The van der Waals surface area contributed by atoms with Gasteiger partial charge >= 0.3 is 0 Å². The minimum atomic E-state index is -0.398. The van der Waals surface area contributed by atoms with Crippen molar-refractivity contribution in [1.82, 2.24) is 9.97 Å². The van der Waals surface area contributed by atoms with Crippen LogP contribution in [0.5, 0.6) is 0 Å². The quantitative estimate of drug-likeness (QED) is 0.906. The summed E-state index contributed by atoms with van der Waals surface area (Å²) in [5.41, 5.74) is 0.666.